The van der Waals surface area contributed by atoms with Crippen molar-refractivity contribution < 1.29 is 14.9 Å². The SMILES string of the molecule is COc1[c]c(O)ccc1O. The minimum absolute atomic E-state index is 0.0275. The molecule has 0 aliphatic heterocycles. The van der Waals surface area contributed by atoms with Gasteiger partial charge in [0.25, 0.3) is 0 Å². The summed E-state index contributed by atoms with van der Waals surface area (Å²) in [6.07, 6.45) is 0. The van der Waals surface area contributed by atoms with E-state index < -0.39 is 0 Å². The number of hydrogen-bond donors (Lipinski definition) is 2. The second kappa shape index (κ2) is 2.47. The van der Waals surface area contributed by atoms with E-state index in [2.05, 4.69) is 10.8 Å². The Hall–Kier alpha value is -1.38. The first-order valence-electron chi connectivity index (χ1n) is 2.72. The van der Waals surface area contributed by atoms with Crippen LogP contribution in [-0.4, -0.2) is 17.3 Å². The molecule has 0 aromatic heterocycles. The Labute approximate surface area is 58.5 Å². The van der Waals surface area contributed by atoms with Crippen LogP contribution in [0.3, 0.4) is 0 Å². The Morgan fingerprint density at radius 3 is 2.60 bits per heavy atom. The van der Waals surface area contributed by atoms with Gasteiger partial charge in [-0.15, -0.1) is 0 Å². The molecule has 3 heteroatoms. The van der Waals surface area contributed by atoms with Crippen LogP contribution in [0.15, 0.2) is 12.1 Å². The van der Waals surface area contributed by atoms with Crippen molar-refractivity contribution in [3.63, 3.8) is 0 Å². The molecule has 0 saturated carbocycles. The highest BCUT2D eigenvalue weighted by Gasteiger charge is 2.00. The normalized spacial score (nSPS) is 9.30. The van der Waals surface area contributed by atoms with E-state index in [9.17, 15) is 0 Å². The molecule has 0 aliphatic carbocycles. The predicted octanol–water partition coefficient (Wildman–Crippen LogP) is 0.907. The zero-order chi connectivity index (χ0) is 7.56. The largest absolute Gasteiger partial charge is 0.507 e. The van der Waals surface area contributed by atoms with Gasteiger partial charge >= 0.3 is 0 Å². The van der Waals surface area contributed by atoms with Crippen LogP contribution in [-0.2, 0) is 0 Å². The molecule has 1 aromatic rings. The Kier molecular flexibility index (Phi) is 1.67. The van der Waals surface area contributed by atoms with Gasteiger partial charge in [0.2, 0.25) is 0 Å². The number of hydrogen-bond acceptors (Lipinski definition) is 3. The van der Waals surface area contributed by atoms with Gasteiger partial charge in [-0.2, -0.15) is 0 Å². The summed E-state index contributed by atoms with van der Waals surface area (Å²) in [4.78, 5) is 0. The van der Waals surface area contributed by atoms with Gasteiger partial charge in [0.15, 0.2) is 11.5 Å². The van der Waals surface area contributed by atoms with Gasteiger partial charge in [0.1, 0.15) is 5.75 Å². The zero-order valence-corrected chi connectivity index (χ0v) is 5.46. The van der Waals surface area contributed by atoms with Crippen molar-refractivity contribution in [3.8, 4) is 17.2 Å². The number of benzene rings is 1. The Morgan fingerprint density at radius 2 is 2.10 bits per heavy atom. The van der Waals surface area contributed by atoms with Crippen LogP contribution >= 0.6 is 0 Å². The summed E-state index contributed by atoms with van der Waals surface area (Å²) in [5.74, 6) is 0.0787. The molecular weight excluding hydrogens is 132 g/mol. The monoisotopic (exact) mass is 139 g/mol. The van der Waals surface area contributed by atoms with Crippen molar-refractivity contribution in [2.45, 2.75) is 0 Å². The lowest BCUT2D eigenvalue weighted by molar-refractivity contribution is 0.367. The summed E-state index contributed by atoms with van der Waals surface area (Å²) in [7, 11) is 1.39. The predicted molar refractivity (Wildman–Crippen MR) is 35.2 cm³/mol. The molecule has 1 radical (unpaired) electrons. The third kappa shape index (κ3) is 1.13. The lowest BCUT2D eigenvalue weighted by Gasteiger charge is -2.00. The van der Waals surface area contributed by atoms with Gasteiger partial charge in [0.05, 0.1) is 13.2 Å². The van der Waals surface area contributed by atoms with E-state index in [0.717, 1.165) is 0 Å². The van der Waals surface area contributed by atoms with Gasteiger partial charge < -0.3 is 14.9 Å². The van der Waals surface area contributed by atoms with E-state index in [-0.39, 0.29) is 17.2 Å². The quantitative estimate of drug-likeness (QED) is 0.568. The summed E-state index contributed by atoms with van der Waals surface area (Å²) >= 11 is 0. The molecule has 53 valence electrons. The van der Waals surface area contributed by atoms with Crippen LogP contribution in [0.2, 0.25) is 0 Å². The maximum atomic E-state index is 8.97. The molecule has 0 aliphatic rings. The molecule has 1 rings (SSSR count). The van der Waals surface area contributed by atoms with Crippen molar-refractivity contribution in [3.05, 3.63) is 18.2 Å². The Morgan fingerprint density at radius 1 is 1.40 bits per heavy atom. The average Bonchev–Trinajstić information content (AvgIpc) is 1.94. The van der Waals surface area contributed by atoms with Crippen LogP contribution in [0.1, 0.15) is 0 Å². The molecule has 0 fully saturated rings. The molecule has 0 amide bonds. The fourth-order valence-corrected chi connectivity index (χ4v) is 0.611. The molecule has 0 bridgehead atoms. The first kappa shape index (κ1) is 6.74. The lowest BCUT2D eigenvalue weighted by atomic mass is 10.3. The van der Waals surface area contributed by atoms with Crippen molar-refractivity contribution in [2.75, 3.05) is 7.11 Å². The smallest absolute Gasteiger partial charge is 0.172 e. The third-order valence-corrected chi connectivity index (χ3v) is 1.08. The lowest BCUT2D eigenvalue weighted by Crippen LogP contribution is -1.82. The molecule has 0 spiro atoms. The highest BCUT2D eigenvalue weighted by molar-refractivity contribution is 5.42. The molecule has 0 atom stereocenters. The maximum absolute atomic E-state index is 8.97. The van der Waals surface area contributed by atoms with E-state index in [0.29, 0.717) is 0 Å². The van der Waals surface area contributed by atoms with Crippen LogP contribution in [0.5, 0.6) is 17.2 Å². The second-order valence-electron chi connectivity index (χ2n) is 1.76. The number of methoxy groups -OCH3 is 1. The maximum Gasteiger partial charge on any atom is 0.172 e. The van der Waals surface area contributed by atoms with Gasteiger partial charge in [-0.1, -0.05) is 0 Å². The molecule has 1 aromatic carbocycles. The van der Waals surface area contributed by atoms with Crippen LogP contribution in [0.25, 0.3) is 0 Å². The minimum atomic E-state index is -0.0466. The Balaban J connectivity index is 3.09. The zero-order valence-electron chi connectivity index (χ0n) is 5.46. The standard InChI is InChI=1S/C7H7O3/c1-10-7-4-5(8)2-3-6(7)9/h2-3,8-9H,1H3. The Bertz CT molecular complexity index is 232. The number of aromatic hydroxyl groups is 2. The highest BCUT2D eigenvalue weighted by atomic mass is 16.5. The number of phenolic OH excluding ortho intramolecular Hbond substituents is 2. The third-order valence-electron chi connectivity index (χ3n) is 1.08. The molecular formula is C7H7O3. The van der Waals surface area contributed by atoms with Crippen molar-refractivity contribution in [1.82, 2.24) is 0 Å². The van der Waals surface area contributed by atoms with Crippen molar-refractivity contribution >= 4 is 0 Å². The van der Waals surface area contributed by atoms with E-state index in [1.54, 1.807) is 0 Å². The molecule has 0 unspecified atom stereocenters. The fourth-order valence-electron chi connectivity index (χ4n) is 0.611. The minimum Gasteiger partial charge on any atom is -0.507 e. The first-order valence-corrected chi connectivity index (χ1v) is 2.72. The molecule has 0 saturated heterocycles. The molecule has 2 N–H and O–H groups in total. The van der Waals surface area contributed by atoms with Crippen molar-refractivity contribution in [2.24, 2.45) is 0 Å². The summed E-state index contributed by atoms with van der Waals surface area (Å²) in [6.45, 7) is 0. The summed E-state index contributed by atoms with van der Waals surface area (Å²) in [5, 5.41) is 17.8. The van der Waals surface area contributed by atoms with Gasteiger partial charge in [0, 0.05) is 0 Å². The van der Waals surface area contributed by atoms with Crippen LogP contribution in [0.4, 0.5) is 0 Å². The van der Waals surface area contributed by atoms with E-state index in [1.807, 2.05) is 0 Å². The van der Waals surface area contributed by atoms with Gasteiger partial charge in [-0.25, -0.2) is 0 Å². The highest BCUT2D eigenvalue weighted by Crippen LogP contribution is 2.27. The summed E-state index contributed by atoms with van der Waals surface area (Å²) in [6, 6.07) is 5.08. The fraction of sp³-hybridized carbons (Fsp3) is 0.143. The summed E-state index contributed by atoms with van der Waals surface area (Å²) < 4.78 is 4.66. The second-order valence-corrected chi connectivity index (χ2v) is 1.76. The molecule has 0 heterocycles. The van der Waals surface area contributed by atoms with Gasteiger partial charge in [-0.05, 0) is 12.1 Å². The first-order chi connectivity index (χ1) is 4.74. The van der Waals surface area contributed by atoms with Crippen LogP contribution in [0, 0.1) is 6.07 Å². The topological polar surface area (TPSA) is 49.7 Å². The number of ether oxygens (including phenoxy) is 1. The number of rotatable bonds is 1. The van der Waals surface area contributed by atoms with Crippen molar-refractivity contribution in [1.29, 1.82) is 0 Å². The van der Waals surface area contributed by atoms with Crippen LogP contribution < -0.4 is 4.74 Å². The van der Waals surface area contributed by atoms with E-state index >= 15 is 0 Å². The van der Waals surface area contributed by atoms with Gasteiger partial charge in [-0.3, -0.25) is 0 Å². The molecule has 3 nitrogen and oxygen atoms in total. The average molecular weight is 139 g/mol. The number of phenols is 2. The molecule has 10 heavy (non-hydrogen) atoms. The summed E-state index contributed by atoms with van der Waals surface area (Å²) in [5.41, 5.74) is 0. The van der Waals surface area contributed by atoms with E-state index in [1.165, 1.54) is 19.2 Å². The van der Waals surface area contributed by atoms with E-state index in [4.69, 9.17) is 10.2 Å².